The van der Waals surface area contributed by atoms with E-state index in [1.807, 2.05) is 42.5 Å². The monoisotopic (exact) mass is 370 g/mol. The van der Waals surface area contributed by atoms with Crippen LogP contribution in [0.1, 0.15) is 22.0 Å². The van der Waals surface area contributed by atoms with Crippen molar-refractivity contribution in [1.29, 1.82) is 0 Å². The van der Waals surface area contributed by atoms with Gasteiger partial charge in [-0.3, -0.25) is 4.79 Å². The van der Waals surface area contributed by atoms with Crippen LogP contribution in [0.25, 0.3) is 5.69 Å². The van der Waals surface area contributed by atoms with E-state index >= 15 is 0 Å². The lowest BCUT2D eigenvalue weighted by atomic mass is 10.2. The predicted molar refractivity (Wildman–Crippen MR) is 99.9 cm³/mol. The predicted octanol–water partition coefficient (Wildman–Crippen LogP) is 3.51. The highest BCUT2D eigenvalue weighted by molar-refractivity contribution is 6.32. The first kappa shape index (κ1) is 17.9. The first-order valence-electron chi connectivity index (χ1n) is 8.07. The number of benzene rings is 2. The van der Waals surface area contributed by atoms with Crippen molar-refractivity contribution >= 4 is 17.5 Å². The Morgan fingerprint density at radius 2 is 1.88 bits per heavy atom. The number of amides is 1. The van der Waals surface area contributed by atoms with Gasteiger partial charge >= 0.3 is 0 Å². The van der Waals surface area contributed by atoms with Gasteiger partial charge in [-0.25, -0.2) is 9.67 Å². The van der Waals surface area contributed by atoms with Gasteiger partial charge in [0.25, 0.3) is 5.91 Å². The number of rotatable bonds is 5. The first-order valence-corrected chi connectivity index (χ1v) is 8.45. The number of aryl methyl sites for hydroxylation is 1. The summed E-state index contributed by atoms with van der Waals surface area (Å²) in [7, 11) is 3.32. The van der Waals surface area contributed by atoms with Gasteiger partial charge in [-0.2, -0.15) is 0 Å². The van der Waals surface area contributed by atoms with Crippen LogP contribution in [0.3, 0.4) is 0 Å². The van der Waals surface area contributed by atoms with E-state index in [0.717, 1.165) is 11.3 Å². The van der Waals surface area contributed by atoms with Gasteiger partial charge in [-0.1, -0.05) is 41.9 Å². The number of hydrogen-bond acceptors (Lipinski definition) is 4. The molecule has 0 fully saturated rings. The van der Waals surface area contributed by atoms with E-state index < -0.39 is 0 Å². The Bertz CT molecular complexity index is 939. The number of nitrogens with zero attached hydrogens (tertiary/aromatic N) is 4. The van der Waals surface area contributed by atoms with Crippen LogP contribution in [0.2, 0.25) is 5.02 Å². The third-order valence-corrected chi connectivity index (χ3v) is 4.31. The summed E-state index contributed by atoms with van der Waals surface area (Å²) in [4.78, 5) is 18.6. The highest BCUT2D eigenvalue weighted by atomic mass is 35.5. The Kier molecular flexibility index (Phi) is 5.23. The van der Waals surface area contributed by atoms with Crippen LogP contribution in [0.15, 0.2) is 48.5 Å². The van der Waals surface area contributed by atoms with Crippen molar-refractivity contribution in [3.8, 4) is 11.4 Å². The molecule has 1 amide bonds. The normalized spacial score (nSPS) is 10.6. The maximum Gasteiger partial charge on any atom is 0.293 e. The smallest absolute Gasteiger partial charge is 0.293 e. The van der Waals surface area contributed by atoms with E-state index in [2.05, 4.69) is 10.1 Å². The summed E-state index contributed by atoms with van der Waals surface area (Å²) in [6.45, 7) is 2.18. The maximum atomic E-state index is 12.7. The third kappa shape index (κ3) is 3.55. The molecule has 6 nitrogen and oxygen atoms in total. The lowest BCUT2D eigenvalue weighted by molar-refractivity contribution is 0.0772. The van der Waals surface area contributed by atoms with Crippen molar-refractivity contribution in [2.75, 3.05) is 14.2 Å². The molecule has 0 aliphatic rings. The second-order valence-electron chi connectivity index (χ2n) is 5.82. The van der Waals surface area contributed by atoms with E-state index in [-0.39, 0.29) is 11.7 Å². The molecular weight excluding hydrogens is 352 g/mol. The molecule has 0 saturated carbocycles. The Morgan fingerprint density at radius 1 is 1.19 bits per heavy atom. The van der Waals surface area contributed by atoms with Gasteiger partial charge < -0.3 is 9.64 Å². The van der Waals surface area contributed by atoms with Crippen molar-refractivity contribution in [3.05, 3.63) is 70.8 Å². The maximum absolute atomic E-state index is 12.7. The molecule has 0 atom stereocenters. The van der Waals surface area contributed by atoms with E-state index in [0.29, 0.717) is 23.1 Å². The molecule has 0 bridgehead atoms. The molecule has 26 heavy (non-hydrogen) atoms. The van der Waals surface area contributed by atoms with Crippen LogP contribution in [-0.2, 0) is 6.54 Å². The fourth-order valence-corrected chi connectivity index (χ4v) is 2.88. The van der Waals surface area contributed by atoms with E-state index in [9.17, 15) is 4.79 Å². The summed E-state index contributed by atoms with van der Waals surface area (Å²) in [5.41, 5.74) is 1.60. The number of para-hydroxylation sites is 2. The second kappa shape index (κ2) is 7.58. The molecule has 134 valence electrons. The summed E-state index contributed by atoms with van der Waals surface area (Å²) in [6.07, 6.45) is 0. The van der Waals surface area contributed by atoms with Crippen LogP contribution in [0.4, 0.5) is 0 Å². The van der Waals surface area contributed by atoms with E-state index in [1.54, 1.807) is 36.7 Å². The Balaban J connectivity index is 1.84. The minimum atomic E-state index is -0.273. The topological polar surface area (TPSA) is 60.2 Å². The average molecular weight is 371 g/mol. The van der Waals surface area contributed by atoms with Crippen LogP contribution < -0.4 is 4.74 Å². The van der Waals surface area contributed by atoms with E-state index in [1.165, 1.54) is 0 Å². The summed E-state index contributed by atoms with van der Waals surface area (Å²) >= 11 is 6.22. The van der Waals surface area contributed by atoms with Gasteiger partial charge in [0.1, 0.15) is 11.6 Å². The zero-order valence-electron chi connectivity index (χ0n) is 14.8. The first-order chi connectivity index (χ1) is 12.5. The number of ether oxygens (including phenoxy) is 1. The van der Waals surface area contributed by atoms with Gasteiger partial charge in [-0.05, 0) is 25.1 Å². The zero-order valence-corrected chi connectivity index (χ0v) is 15.6. The lowest BCUT2D eigenvalue weighted by Crippen LogP contribution is -2.27. The molecule has 3 rings (SSSR count). The fourth-order valence-electron chi connectivity index (χ4n) is 2.66. The largest absolute Gasteiger partial charge is 0.496 e. The van der Waals surface area contributed by atoms with Crippen LogP contribution in [0, 0.1) is 6.92 Å². The number of carbonyl (C=O) groups excluding carboxylic acids is 1. The fraction of sp³-hybridized carbons (Fsp3) is 0.211. The Morgan fingerprint density at radius 3 is 2.62 bits per heavy atom. The molecule has 7 heteroatoms. The van der Waals surface area contributed by atoms with Crippen molar-refractivity contribution in [2.45, 2.75) is 13.5 Å². The number of methoxy groups -OCH3 is 1. The lowest BCUT2D eigenvalue weighted by Gasteiger charge is -2.17. The number of hydrogen-bond donors (Lipinski definition) is 0. The average Bonchev–Trinajstić information content (AvgIpc) is 3.03. The van der Waals surface area contributed by atoms with Crippen molar-refractivity contribution in [2.24, 2.45) is 0 Å². The molecule has 2 aromatic carbocycles. The van der Waals surface area contributed by atoms with Crippen LogP contribution in [-0.4, -0.2) is 39.7 Å². The molecule has 1 aromatic heterocycles. The van der Waals surface area contributed by atoms with Crippen LogP contribution in [0.5, 0.6) is 5.75 Å². The molecule has 0 saturated heterocycles. The number of aromatic nitrogens is 3. The van der Waals surface area contributed by atoms with Gasteiger partial charge in [0.15, 0.2) is 0 Å². The molecule has 0 spiro atoms. The summed E-state index contributed by atoms with van der Waals surface area (Å²) in [6, 6.07) is 14.9. The highest BCUT2D eigenvalue weighted by Crippen LogP contribution is 2.21. The number of halogens is 1. The van der Waals surface area contributed by atoms with E-state index in [4.69, 9.17) is 16.3 Å². The zero-order chi connectivity index (χ0) is 18.7. The van der Waals surface area contributed by atoms with Gasteiger partial charge in [0, 0.05) is 19.2 Å². The molecule has 0 unspecified atom stereocenters. The third-order valence-electron chi connectivity index (χ3n) is 3.99. The second-order valence-corrected chi connectivity index (χ2v) is 6.23. The summed E-state index contributed by atoms with van der Waals surface area (Å²) < 4.78 is 6.91. The highest BCUT2D eigenvalue weighted by Gasteiger charge is 2.20. The molecule has 0 radical (unpaired) electrons. The van der Waals surface area contributed by atoms with Crippen molar-refractivity contribution in [1.82, 2.24) is 19.7 Å². The van der Waals surface area contributed by atoms with Crippen LogP contribution >= 0.6 is 11.6 Å². The molecule has 0 N–H and O–H groups in total. The molecule has 0 aliphatic heterocycles. The summed E-state index contributed by atoms with van der Waals surface area (Å²) in [5.74, 6) is 1.18. The Hall–Kier alpha value is -2.86. The van der Waals surface area contributed by atoms with Gasteiger partial charge in [0.2, 0.25) is 5.82 Å². The molecule has 0 aliphatic carbocycles. The molecule has 3 aromatic rings. The van der Waals surface area contributed by atoms with Crippen molar-refractivity contribution in [3.63, 3.8) is 0 Å². The minimum Gasteiger partial charge on any atom is -0.496 e. The van der Waals surface area contributed by atoms with Crippen molar-refractivity contribution < 1.29 is 9.53 Å². The molecular formula is C19H19ClN4O2. The van der Waals surface area contributed by atoms with Gasteiger partial charge in [-0.15, -0.1) is 5.10 Å². The minimum absolute atomic E-state index is 0.125. The van der Waals surface area contributed by atoms with Gasteiger partial charge in [0.05, 0.1) is 17.8 Å². The number of carbonyl (C=O) groups is 1. The quantitative estimate of drug-likeness (QED) is 0.689. The SMILES string of the molecule is COc1ccccc1CN(C)C(=O)c1nc(C)n(-c2ccccc2Cl)n1. The summed E-state index contributed by atoms with van der Waals surface area (Å²) in [5, 5.41) is 4.89. The molecule has 1 heterocycles. The standard InChI is InChI=1S/C19H19ClN4O2/c1-13-21-18(22-24(13)16-10-6-5-9-15(16)20)19(25)23(2)12-14-8-4-7-11-17(14)26-3/h4-11H,12H2,1-3H3. The Labute approximate surface area is 157 Å².